The molecule has 172 valence electrons. The van der Waals surface area contributed by atoms with E-state index in [1.165, 1.54) is 4.90 Å². The zero-order chi connectivity index (χ0) is 22.9. The van der Waals surface area contributed by atoms with Gasteiger partial charge < -0.3 is 19.1 Å². The number of carbonyl (C=O) groups excluding carboxylic acids is 3. The van der Waals surface area contributed by atoms with Gasteiger partial charge in [-0.1, -0.05) is 23.7 Å². The number of carbonyl (C=O) groups is 3. The molecule has 33 heavy (non-hydrogen) atoms. The molecule has 0 N–H and O–H groups in total. The van der Waals surface area contributed by atoms with Crippen LogP contribution in [0.15, 0.2) is 36.4 Å². The zero-order valence-electron chi connectivity index (χ0n) is 17.9. The summed E-state index contributed by atoms with van der Waals surface area (Å²) in [7, 11) is 0. The first kappa shape index (κ1) is 21.7. The molecule has 0 saturated carbocycles. The number of anilines is 1. The van der Waals surface area contributed by atoms with Crippen molar-refractivity contribution in [1.82, 2.24) is 4.90 Å². The molecule has 9 heteroatoms. The molecule has 0 spiro atoms. The topological polar surface area (TPSA) is 85.4 Å². The first-order valence-electron chi connectivity index (χ1n) is 10.9. The summed E-state index contributed by atoms with van der Waals surface area (Å²) >= 11 is 6.08. The fourth-order valence-corrected chi connectivity index (χ4v) is 4.57. The summed E-state index contributed by atoms with van der Waals surface area (Å²) in [5.74, 6) is 0.878. The summed E-state index contributed by atoms with van der Waals surface area (Å²) in [6.07, 6.45) is 0.879. The molecule has 2 aromatic rings. The van der Waals surface area contributed by atoms with Crippen molar-refractivity contribution in [3.63, 3.8) is 0 Å². The Morgan fingerprint density at radius 3 is 2.94 bits per heavy atom. The summed E-state index contributed by atoms with van der Waals surface area (Å²) in [5, 5.41) is 0.460. The average molecular weight is 471 g/mol. The fourth-order valence-electron chi connectivity index (χ4n) is 4.41. The Kier molecular flexibility index (Phi) is 5.95. The van der Waals surface area contributed by atoms with Crippen LogP contribution in [-0.4, -0.2) is 68.1 Å². The highest BCUT2D eigenvalue weighted by Gasteiger charge is 2.32. The number of ketones is 1. The SMILES string of the molecule is O=C1CCc2c(OCC3CN(C(=O)CN4C(=O)COc5ccc(Cl)cc54)CCO3)cccc21. The molecule has 2 amide bonds. The molecule has 2 heterocycles. The molecule has 1 unspecified atom stereocenters. The highest BCUT2D eigenvalue weighted by molar-refractivity contribution is 6.31. The molecule has 2 aromatic carbocycles. The van der Waals surface area contributed by atoms with E-state index >= 15 is 0 Å². The molecule has 0 radical (unpaired) electrons. The Hall–Kier alpha value is -3.10. The number of nitrogens with zero attached hydrogens (tertiary/aromatic N) is 2. The van der Waals surface area contributed by atoms with Crippen LogP contribution in [0.1, 0.15) is 22.3 Å². The molecule has 1 saturated heterocycles. The smallest absolute Gasteiger partial charge is 0.265 e. The number of Topliss-reactive ketones (excluding diaryl/α,β-unsaturated/α-hetero) is 1. The lowest BCUT2D eigenvalue weighted by Crippen LogP contribution is -2.52. The Morgan fingerprint density at radius 1 is 1.18 bits per heavy atom. The first-order chi connectivity index (χ1) is 16.0. The normalized spacial score (nSPS) is 19.7. The van der Waals surface area contributed by atoms with Gasteiger partial charge in [0.1, 0.15) is 30.8 Å². The largest absolute Gasteiger partial charge is 0.491 e. The van der Waals surface area contributed by atoms with Crippen LogP contribution in [0.3, 0.4) is 0 Å². The van der Waals surface area contributed by atoms with Crippen molar-refractivity contribution in [3.8, 4) is 11.5 Å². The predicted octanol–water partition coefficient (Wildman–Crippen LogP) is 2.50. The third kappa shape index (κ3) is 4.41. The van der Waals surface area contributed by atoms with E-state index < -0.39 is 0 Å². The van der Waals surface area contributed by atoms with Crippen molar-refractivity contribution in [3.05, 3.63) is 52.5 Å². The fraction of sp³-hybridized carbons (Fsp3) is 0.375. The van der Waals surface area contributed by atoms with Crippen molar-refractivity contribution in [2.24, 2.45) is 0 Å². The van der Waals surface area contributed by atoms with Gasteiger partial charge in [-0.25, -0.2) is 0 Å². The number of amides is 2. The Balaban J connectivity index is 1.22. The van der Waals surface area contributed by atoms with Gasteiger partial charge in [-0.15, -0.1) is 0 Å². The molecule has 3 aliphatic rings. The molecule has 1 aliphatic carbocycles. The minimum atomic E-state index is -0.308. The van der Waals surface area contributed by atoms with Gasteiger partial charge in [-0.2, -0.15) is 0 Å². The van der Waals surface area contributed by atoms with E-state index in [1.807, 2.05) is 18.2 Å². The van der Waals surface area contributed by atoms with Crippen molar-refractivity contribution >= 4 is 34.9 Å². The van der Waals surface area contributed by atoms with E-state index in [2.05, 4.69) is 0 Å². The van der Waals surface area contributed by atoms with E-state index in [4.69, 9.17) is 25.8 Å². The Morgan fingerprint density at radius 2 is 2.06 bits per heavy atom. The predicted molar refractivity (Wildman–Crippen MR) is 120 cm³/mol. The van der Waals surface area contributed by atoms with Crippen LogP contribution < -0.4 is 14.4 Å². The second kappa shape index (κ2) is 9.03. The lowest BCUT2D eigenvalue weighted by Gasteiger charge is -2.35. The van der Waals surface area contributed by atoms with Crippen molar-refractivity contribution in [2.45, 2.75) is 18.9 Å². The summed E-state index contributed by atoms with van der Waals surface area (Å²) < 4.78 is 17.2. The third-order valence-corrected chi connectivity index (χ3v) is 6.34. The highest BCUT2D eigenvalue weighted by Crippen LogP contribution is 2.34. The zero-order valence-corrected chi connectivity index (χ0v) is 18.7. The molecule has 0 aromatic heterocycles. The number of ether oxygens (including phenoxy) is 3. The van der Waals surface area contributed by atoms with E-state index in [0.717, 1.165) is 11.1 Å². The van der Waals surface area contributed by atoms with Gasteiger partial charge >= 0.3 is 0 Å². The first-order valence-corrected chi connectivity index (χ1v) is 11.3. The quantitative estimate of drug-likeness (QED) is 0.667. The maximum atomic E-state index is 13.0. The summed E-state index contributed by atoms with van der Waals surface area (Å²) in [6, 6.07) is 10.5. The van der Waals surface area contributed by atoms with Gasteiger partial charge in [-0.3, -0.25) is 19.3 Å². The highest BCUT2D eigenvalue weighted by atomic mass is 35.5. The van der Waals surface area contributed by atoms with E-state index in [0.29, 0.717) is 54.7 Å². The summed E-state index contributed by atoms with van der Waals surface area (Å²) in [4.78, 5) is 40.5. The van der Waals surface area contributed by atoms with Gasteiger partial charge in [0.05, 0.1) is 18.8 Å². The minimum Gasteiger partial charge on any atom is -0.491 e. The van der Waals surface area contributed by atoms with Gasteiger partial charge in [0, 0.05) is 29.1 Å². The number of hydrogen-bond acceptors (Lipinski definition) is 6. The van der Waals surface area contributed by atoms with E-state index in [1.54, 1.807) is 23.1 Å². The van der Waals surface area contributed by atoms with Gasteiger partial charge in [-0.05, 0) is 30.7 Å². The molecule has 1 atom stereocenters. The number of hydrogen-bond donors (Lipinski definition) is 0. The van der Waals surface area contributed by atoms with Crippen LogP contribution in [0.4, 0.5) is 5.69 Å². The summed E-state index contributed by atoms with van der Waals surface area (Å²) in [6.45, 7) is 1.22. The number of benzene rings is 2. The van der Waals surface area contributed by atoms with E-state index in [-0.39, 0.29) is 43.5 Å². The monoisotopic (exact) mass is 470 g/mol. The molecular weight excluding hydrogens is 448 g/mol. The van der Waals surface area contributed by atoms with Gasteiger partial charge in [0.2, 0.25) is 5.91 Å². The number of rotatable bonds is 5. The standard InChI is InChI=1S/C24H23ClN2O6/c25-15-4-7-22-19(10-15)27(24(30)14-33-22)12-23(29)26-8-9-31-16(11-26)13-32-21-3-1-2-17-18(21)5-6-20(17)28/h1-4,7,10,16H,5-6,8-9,11-14H2. The maximum absolute atomic E-state index is 13.0. The molecule has 5 rings (SSSR count). The maximum Gasteiger partial charge on any atom is 0.265 e. The molecular formula is C24H23ClN2O6. The van der Waals surface area contributed by atoms with Crippen LogP contribution in [0.25, 0.3) is 0 Å². The van der Waals surface area contributed by atoms with Gasteiger partial charge in [0.25, 0.3) is 5.91 Å². The molecule has 0 bridgehead atoms. The number of fused-ring (bicyclic) bond motifs is 2. The second-order valence-corrected chi connectivity index (χ2v) is 8.67. The van der Waals surface area contributed by atoms with Crippen LogP contribution in [0, 0.1) is 0 Å². The van der Waals surface area contributed by atoms with Crippen molar-refractivity contribution in [1.29, 1.82) is 0 Å². The average Bonchev–Trinajstić information content (AvgIpc) is 3.21. The van der Waals surface area contributed by atoms with Crippen LogP contribution in [0.5, 0.6) is 11.5 Å². The molecule has 1 fully saturated rings. The van der Waals surface area contributed by atoms with Crippen molar-refractivity contribution < 1.29 is 28.6 Å². The molecule has 8 nitrogen and oxygen atoms in total. The Labute approximate surface area is 195 Å². The summed E-state index contributed by atoms with van der Waals surface area (Å²) in [5.41, 5.74) is 2.16. The number of morpholine rings is 1. The van der Waals surface area contributed by atoms with E-state index in [9.17, 15) is 14.4 Å². The van der Waals surface area contributed by atoms with Crippen LogP contribution in [0.2, 0.25) is 5.02 Å². The minimum absolute atomic E-state index is 0.0998. The Bertz CT molecular complexity index is 1120. The van der Waals surface area contributed by atoms with Crippen LogP contribution >= 0.6 is 11.6 Å². The van der Waals surface area contributed by atoms with Gasteiger partial charge in [0.15, 0.2) is 12.4 Å². The lowest BCUT2D eigenvalue weighted by atomic mass is 10.1. The second-order valence-electron chi connectivity index (χ2n) is 8.23. The van der Waals surface area contributed by atoms with Crippen LogP contribution in [-0.2, 0) is 20.7 Å². The third-order valence-electron chi connectivity index (χ3n) is 6.11. The number of halogens is 1. The molecule has 2 aliphatic heterocycles. The lowest BCUT2D eigenvalue weighted by molar-refractivity contribution is -0.139. The van der Waals surface area contributed by atoms with Crippen molar-refractivity contribution in [2.75, 3.05) is 44.4 Å².